The van der Waals surface area contributed by atoms with Gasteiger partial charge < -0.3 is 20.9 Å². The van der Waals surface area contributed by atoms with Crippen molar-refractivity contribution in [3.63, 3.8) is 0 Å². The molecule has 5 N–H and O–H groups in total. The lowest BCUT2D eigenvalue weighted by molar-refractivity contribution is -0.384. The average Bonchev–Trinajstić information content (AvgIpc) is 3.54. The minimum atomic E-state index is -0.801. The highest BCUT2D eigenvalue weighted by molar-refractivity contribution is 9.10. The van der Waals surface area contributed by atoms with Crippen molar-refractivity contribution in [1.82, 2.24) is 30.7 Å². The minimum absolute atomic E-state index is 0.0242. The van der Waals surface area contributed by atoms with E-state index in [2.05, 4.69) is 51.7 Å². The molecule has 17 nitrogen and oxygen atoms in total. The lowest BCUT2D eigenvalue weighted by Gasteiger charge is -2.13. The van der Waals surface area contributed by atoms with E-state index in [1.807, 2.05) is 0 Å². The van der Waals surface area contributed by atoms with E-state index in [9.17, 15) is 19.7 Å². The van der Waals surface area contributed by atoms with Gasteiger partial charge in [0, 0.05) is 17.7 Å². The average molecular weight is 615 g/mol. The van der Waals surface area contributed by atoms with Crippen LogP contribution in [0.1, 0.15) is 23.0 Å². The first-order valence-electron chi connectivity index (χ1n) is 11.2. The molecule has 0 atom stereocenters. The molecule has 0 aliphatic carbocycles. The number of nitro benzene ring substituents is 1. The highest BCUT2D eigenvalue weighted by Crippen LogP contribution is 2.36. The van der Waals surface area contributed by atoms with E-state index in [1.165, 1.54) is 30.5 Å². The van der Waals surface area contributed by atoms with Crippen molar-refractivity contribution in [2.75, 3.05) is 18.9 Å². The minimum Gasteiger partial charge on any atom is -0.490 e. The van der Waals surface area contributed by atoms with Gasteiger partial charge in [0.05, 0.1) is 22.2 Å². The van der Waals surface area contributed by atoms with Gasteiger partial charge in [-0.15, -0.1) is 5.10 Å². The number of hydrogen-bond donors (Lipinski definition) is 3. The maximum Gasteiger partial charge on any atom is 0.294 e. The number of rotatable bonds is 11. The number of nitrogen functional groups attached to an aromatic ring is 1. The molecule has 4 rings (SSSR count). The normalized spacial score (nSPS) is 10.9. The van der Waals surface area contributed by atoms with Crippen molar-refractivity contribution in [3.05, 3.63) is 62.2 Å². The summed E-state index contributed by atoms with van der Waals surface area (Å²) in [6.07, 6.45) is 1.32. The molecule has 2 heterocycles. The maximum atomic E-state index is 13.1. The Morgan fingerprint density at radius 2 is 2.08 bits per heavy atom. The van der Waals surface area contributed by atoms with Gasteiger partial charge >= 0.3 is 0 Å². The number of carbonyl (C=O) groups is 2. The molecule has 0 fully saturated rings. The molecule has 0 radical (unpaired) electrons. The summed E-state index contributed by atoms with van der Waals surface area (Å²) in [5.74, 6) is -1.12. The first kappa shape index (κ1) is 27.6. The third-order valence-electron chi connectivity index (χ3n) is 4.98. The van der Waals surface area contributed by atoms with Crippen LogP contribution < -0.4 is 26.4 Å². The van der Waals surface area contributed by atoms with Gasteiger partial charge in [0.15, 0.2) is 23.8 Å². The zero-order chi connectivity index (χ0) is 28.8. The number of primary amides is 1. The molecule has 4 aromatic rings. The van der Waals surface area contributed by atoms with Gasteiger partial charge in [-0.05, 0) is 50.9 Å². The molecular formula is C22H19BrN10O7. The largest absolute Gasteiger partial charge is 0.490 e. The molecule has 0 bridgehead atoms. The molecule has 40 heavy (non-hydrogen) atoms. The Balaban J connectivity index is 1.64. The fourth-order valence-corrected chi connectivity index (χ4v) is 3.95. The summed E-state index contributed by atoms with van der Waals surface area (Å²) in [5.41, 5.74) is 13.5. The monoisotopic (exact) mass is 614 g/mol. The molecule has 2 aromatic carbocycles. The lowest BCUT2D eigenvalue weighted by Crippen LogP contribution is -2.20. The van der Waals surface area contributed by atoms with E-state index in [0.717, 1.165) is 4.68 Å². The smallest absolute Gasteiger partial charge is 0.294 e. The predicted molar refractivity (Wildman–Crippen MR) is 141 cm³/mol. The molecule has 0 unspecified atom stereocenters. The zero-order valence-corrected chi connectivity index (χ0v) is 22.1. The molecule has 0 saturated carbocycles. The van der Waals surface area contributed by atoms with Crippen LogP contribution in [0.5, 0.6) is 11.5 Å². The number of amides is 2. The Labute approximate surface area is 232 Å². The number of halogens is 1. The number of nitrogens with zero attached hydrogens (tertiary/aromatic N) is 7. The van der Waals surface area contributed by atoms with Crippen LogP contribution in [0.25, 0.3) is 17.1 Å². The van der Waals surface area contributed by atoms with Crippen LogP contribution in [0.15, 0.2) is 50.6 Å². The van der Waals surface area contributed by atoms with Gasteiger partial charge in [-0.1, -0.05) is 17.3 Å². The van der Waals surface area contributed by atoms with E-state index in [-0.39, 0.29) is 46.6 Å². The van der Waals surface area contributed by atoms with Gasteiger partial charge in [0.25, 0.3) is 17.5 Å². The number of carbonyl (C=O) groups excluding carboxylic acids is 2. The van der Waals surface area contributed by atoms with Crippen LogP contribution in [-0.2, 0) is 4.79 Å². The summed E-state index contributed by atoms with van der Waals surface area (Å²) in [5, 5.41) is 30.3. The number of anilines is 1. The van der Waals surface area contributed by atoms with Gasteiger partial charge in [0.1, 0.15) is 5.69 Å². The fraction of sp³-hybridized carbons (Fsp3) is 0.136. The fourth-order valence-electron chi connectivity index (χ4n) is 3.37. The Kier molecular flexibility index (Phi) is 8.28. The third-order valence-corrected chi connectivity index (χ3v) is 5.57. The van der Waals surface area contributed by atoms with Gasteiger partial charge in [-0.25, -0.2) is 10.1 Å². The molecule has 206 valence electrons. The highest BCUT2D eigenvalue weighted by atomic mass is 79.9. The van der Waals surface area contributed by atoms with E-state index >= 15 is 0 Å². The van der Waals surface area contributed by atoms with Gasteiger partial charge in [-0.3, -0.25) is 19.7 Å². The number of benzene rings is 2. The van der Waals surface area contributed by atoms with E-state index in [1.54, 1.807) is 19.1 Å². The van der Waals surface area contributed by atoms with E-state index in [4.69, 9.17) is 20.9 Å². The zero-order valence-electron chi connectivity index (χ0n) is 20.5. The molecule has 0 spiro atoms. The summed E-state index contributed by atoms with van der Waals surface area (Å²) in [7, 11) is 0. The first-order valence-corrected chi connectivity index (χ1v) is 12.0. The van der Waals surface area contributed by atoms with Crippen LogP contribution >= 0.6 is 15.9 Å². The number of hydrazone groups is 1. The molecule has 18 heteroatoms. The van der Waals surface area contributed by atoms with Crippen molar-refractivity contribution < 1.29 is 28.6 Å². The quantitative estimate of drug-likeness (QED) is 0.124. The van der Waals surface area contributed by atoms with Crippen LogP contribution in [0.2, 0.25) is 0 Å². The first-order chi connectivity index (χ1) is 19.2. The Morgan fingerprint density at radius 1 is 1.27 bits per heavy atom. The second kappa shape index (κ2) is 12.0. The van der Waals surface area contributed by atoms with E-state index in [0.29, 0.717) is 22.4 Å². The summed E-state index contributed by atoms with van der Waals surface area (Å²) in [6.45, 7) is 1.71. The summed E-state index contributed by atoms with van der Waals surface area (Å²) in [6, 6.07) is 8.64. The SMILES string of the molecule is CCOc1cc(C=NNC(=O)c2nnn(-c3nonc3N)c2-c2cccc([N+](=O)[O-])c2)cc(Br)c1OCC(N)=O. The number of ether oxygens (including phenoxy) is 2. The lowest BCUT2D eigenvalue weighted by atomic mass is 10.1. The van der Waals surface area contributed by atoms with Crippen LogP contribution in [-0.4, -0.2) is 61.5 Å². The molecular weight excluding hydrogens is 596 g/mol. The molecule has 2 aromatic heterocycles. The molecule has 2 amide bonds. The number of nitro groups is 1. The van der Waals surface area contributed by atoms with Gasteiger partial charge in [0.2, 0.25) is 11.6 Å². The second-order valence-electron chi connectivity index (χ2n) is 7.70. The molecule has 0 aliphatic rings. The number of aromatic nitrogens is 5. The van der Waals surface area contributed by atoms with Crippen molar-refractivity contribution in [1.29, 1.82) is 0 Å². The van der Waals surface area contributed by atoms with Crippen LogP contribution in [0.3, 0.4) is 0 Å². The van der Waals surface area contributed by atoms with E-state index < -0.39 is 16.7 Å². The Hall–Kier alpha value is -5.39. The predicted octanol–water partition coefficient (Wildman–Crippen LogP) is 1.60. The Morgan fingerprint density at radius 3 is 2.75 bits per heavy atom. The van der Waals surface area contributed by atoms with Crippen LogP contribution in [0.4, 0.5) is 11.5 Å². The number of nitrogens with two attached hydrogens (primary N) is 2. The number of hydrogen-bond acceptors (Lipinski definition) is 13. The standard InChI is InChI=1S/C22H19BrN10O7/c1-2-38-15-7-11(6-14(23)19(15)39-10-16(24)34)9-26-28-22(35)17-18(12-4-3-5-13(8-12)33(36)37)32(31-27-17)21-20(25)29-40-30-21/h3-9H,2,10H2,1H3,(H2,24,34)(H2,25,29)(H,28,35). The molecule has 0 saturated heterocycles. The number of non-ortho nitro benzene ring substituents is 1. The number of nitrogens with one attached hydrogen (secondary N) is 1. The van der Waals surface area contributed by atoms with Crippen molar-refractivity contribution in [2.24, 2.45) is 10.8 Å². The van der Waals surface area contributed by atoms with Gasteiger partial charge in [-0.2, -0.15) is 9.78 Å². The van der Waals surface area contributed by atoms with Crippen molar-refractivity contribution >= 4 is 45.5 Å². The van der Waals surface area contributed by atoms with Crippen LogP contribution in [0, 0.1) is 10.1 Å². The maximum absolute atomic E-state index is 13.1. The summed E-state index contributed by atoms with van der Waals surface area (Å²) < 4.78 is 17.1. The van der Waals surface area contributed by atoms with Crippen molar-refractivity contribution in [2.45, 2.75) is 6.92 Å². The Bertz CT molecular complexity index is 1620. The molecule has 0 aliphatic heterocycles. The topological polar surface area (TPSA) is 242 Å². The highest BCUT2D eigenvalue weighted by Gasteiger charge is 2.26. The second-order valence-corrected chi connectivity index (χ2v) is 8.55. The third kappa shape index (κ3) is 6.01. The van der Waals surface area contributed by atoms with Crippen molar-refractivity contribution in [3.8, 4) is 28.6 Å². The summed E-state index contributed by atoms with van der Waals surface area (Å²) >= 11 is 3.35. The summed E-state index contributed by atoms with van der Waals surface area (Å²) in [4.78, 5) is 34.9.